The Kier molecular flexibility index (Phi) is 8.31. The van der Waals surface area contributed by atoms with Crippen LogP contribution in [0.25, 0.3) is 6.08 Å². The number of aliphatic hydroxyl groups is 6. The molecule has 0 radical (unpaired) electrons. The van der Waals surface area contributed by atoms with Crippen molar-refractivity contribution in [2.24, 2.45) is 0 Å². The number of aliphatic hydroxyl groups excluding tert-OH is 6. The summed E-state index contributed by atoms with van der Waals surface area (Å²) in [6, 6.07) is 9.50. The molecule has 2 fully saturated rings. The van der Waals surface area contributed by atoms with E-state index in [1.807, 2.05) is 36.4 Å². The van der Waals surface area contributed by atoms with Gasteiger partial charge in [0.15, 0.2) is 12.6 Å². The van der Waals surface area contributed by atoms with Gasteiger partial charge in [-0.05, 0) is 5.56 Å². The first-order chi connectivity index (χ1) is 14.4. The van der Waals surface area contributed by atoms with Crippen LogP contribution in [0.1, 0.15) is 5.56 Å². The zero-order chi connectivity index (χ0) is 21.7. The molecule has 6 N–H and O–H groups in total. The van der Waals surface area contributed by atoms with Gasteiger partial charge < -0.3 is 49.6 Å². The second-order valence-electron chi connectivity index (χ2n) is 7.20. The number of hydrogen-bond acceptors (Lipinski definition) is 10. The largest absolute Gasteiger partial charge is 0.394 e. The minimum absolute atomic E-state index is 0.0852. The number of rotatable bonds is 8. The van der Waals surface area contributed by atoms with Gasteiger partial charge in [-0.25, -0.2) is 0 Å². The zero-order valence-electron chi connectivity index (χ0n) is 16.2. The first-order valence-corrected chi connectivity index (χ1v) is 9.69. The Hall–Kier alpha value is -1.44. The molecule has 0 bridgehead atoms. The maximum atomic E-state index is 10.2. The van der Waals surface area contributed by atoms with Gasteiger partial charge in [-0.1, -0.05) is 42.5 Å². The first kappa shape index (κ1) is 23.2. The second kappa shape index (κ2) is 10.7. The Morgan fingerprint density at radius 1 is 0.767 bits per heavy atom. The molecule has 0 saturated carbocycles. The second-order valence-corrected chi connectivity index (χ2v) is 7.20. The first-order valence-electron chi connectivity index (χ1n) is 9.69. The highest BCUT2D eigenvalue weighted by atomic mass is 16.7. The van der Waals surface area contributed by atoms with Crippen molar-refractivity contribution >= 4 is 6.08 Å². The summed E-state index contributed by atoms with van der Waals surface area (Å²) in [6.45, 7) is -0.739. The summed E-state index contributed by atoms with van der Waals surface area (Å²) in [5.41, 5.74) is 0.964. The summed E-state index contributed by atoms with van der Waals surface area (Å²) >= 11 is 0. The van der Waals surface area contributed by atoms with E-state index in [0.717, 1.165) is 5.56 Å². The lowest BCUT2D eigenvalue weighted by Gasteiger charge is -2.40. The van der Waals surface area contributed by atoms with Gasteiger partial charge >= 0.3 is 0 Å². The Balaban J connectivity index is 1.52. The SMILES string of the molecule is OC[C@@H]1O[C@H](OC[C@H]2O[C@@H](OCC=Cc3ccccc3)[C@H](O)[C@@H](O)[C@@H]2O)[C@H](O)[C@H]1O. The standard InChI is InChI=1S/C20H28O10/c21-9-12-14(22)17(25)20(29-12)28-10-13-15(23)16(24)18(26)19(30-13)27-8-4-7-11-5-2-1-3-6-11/h1-7,12-26H,8-10H2/t12-,13+,14-,15+,16-,17+,18+,19+,20-/m0/s1. The summed E-state index contributed by atoms with van der Waals surface area (Å²) in [5, 5.41) is 59.1. The average molecular weight is 428 g/mol. The Morgan fingerprint density at radius 3 is 2.03 bits per heavy atom. The molecule has 30 heavy (non-hydrogen) atoms. The van der Waals surface area contributed by atoms with Gasteiger partial charge in [-0.2, -0.15) is 0 Å². The fourth-order valence-corrected chi connectivity index (χ4v) is 3.28. The van der Waals surface area contributed by atoms with Crippen LogP contribution in [0.4, 0.5) is 0 Å². The van der Waals surface area contributed by atoms with E-state index in [1.54, 1.807) is 6.08 Å². The topological polar surface area (TPSA) is 158 Å². The van der Waals surface area contributed by atoms with Gasteiger partial charge in [0.2, 0.25) is 0 Å². The van der Waals surface area contributed by atoms with Crippen molar-refractivity contribution < 1.29 is 49.6 Å². The van der Waals surface area contributed by atoms with Crippen LogP contribution < -0.4 is 0 Å². The normalized spacial score (nSPS) is 39.6. The molecule has 0 aliphatic carbocycles. The van der Waals surface area contributed by atoms with E-state index in [4.69, 9.17) is 24.1 Å². The lowest BCUT2D eigenvalue weighted by Crippen LogP contribution is -2.59. The summed E-state index contributed by atoms with van der Waals surface area (Å²) in [4.78, 5) is 0. The van der Waals surface area contributed by atoms with Gasteiger partial charge in [0.1, 0.15) is 42.7 Å². The third-order valence-electron chi connectivity index (χ3n) is 5.06. The Labute approximate surface area is 173 Å². The molecule has 2 aliphatic rings. The molecule has 1 aromatic carbocycles. The third kappa shape index (κ3) is 5.42. The van der Waals surface area contributed by atoms with Crippen molar-refractivity contribution in [3.05, 3.63) is 42.0 Å². The smallest absolute Gasteiger partial charge is 0.187 e. The van der Waals surface area contributed by atoms with E-state index >= 15 is 0 Å². The van der Waals surface area contributed by atoms with E-state index in [-0.39, 0.29) is 13.2 Å². The van der Waals surface area contributed by atoms with Crippen molar-refractivity contribution in [3.8, 4) is 0 Å². The minimum Gasteiger partial charge on any atom is -0.394 e. The van der Waals surface area contributed by atoms with Gasteiger partial charge in [0.05, 0.1) is 19.8 Å². The zero-order valence-corrected chi connectivity index (χ0v) is 16.2. The molecule has 2 heterocycles. The van der Waals surface area contributed by atoms with E-state index in [1.165, 1.54) is 0 Å². The molecule has 2 aliphatic heterocycles. The quantitative estimate of drug-likeness (QED) is 0.273. The molecule has 1 aromatic rings. The highest BCUT2D eigenvalue weighted by Crippen LogP contribution is 2.26. The number of ether oxygens (including phenoxy) is 4. The average Bonchev–Trinajstić information content (AvgIpc) is 3.04. The molecule has 10 nitrogen and oxygen atoms in total. The summed E-state index contributed by atoms with van der Waals surface area (Å²) < 4.78 is 21.5. The van der Waals surface area contributed by atoms with Crippen molar-refractivity contribution in [1.82, 2.24) is 0 Å². The molecule has 0 spiro atoms. The van der Waals surface area contributed by atoms with Crippen LogP contribution in [0.2, 0.25) is 0 Å². The van der Waals surface area contributed by atoms with Gasteiger partial charge in [0.25, 0.3) is 0 Å². The predicted octanol–water partition coefficient (Wildman–Crippen LogP) is -2.02. The molecule has 9 atom stereocenters. The molecule has 10 heteroatoms. The highest BCUT2D eigenvalue weighted by Gasteiger charge is 2.47. The fraction of sp³-hybridized carbons (Fsp3) is 0.600. The molecular weight excluding hydrogens is 400 g/mol. The van der Waals surface area contributed by atoms with Crippen LogP contribution in [0.3, 0.4) is 0 Å². The molecule has 0 aromatic heterocycles. The lowest BCUT2D eigenvalue weighted by molar-refractivity contribution is -0.307. The molecular formula is C20H28O10. The van der Waals surface area contributed by atoms with Crippen LogP contribution >= 0.6 is 0 Å². The molecule has 0 amide bonds. The highest BCUT2D eigenvalue weighted by molar-refractivity contribution is 5.48. The minimum atomic E-state index is -1.54. The summed E-state index contributed by atoms with van der Waals surface area (Å²) in [5.74, 6) is 0. The maximum Gasteiger partial charge on any atom is 0.187 e. The van der Waals surface area contributed by atoms with E-state index in [9.17, 15) is 25.5 Å². The van der Waals surface area contributed by atoms with E-state index < -0.39 is 61.9 Å². The fourth-order valence-electron chi connectivity index (χ4n) is 3.28. The molecule has 168 valence electrons. The third-order valence-corrected chi connectivity index (χ3v) is 5.06. The Morgan fingerprint density at radius 2 is 1.37 bits per heavy atom. The monoisotopic (exact) mass is 428 g/mol. The van der Waals surface area contributed by atoms with Crippen LogP contribution in [-0.4, -0.2) is 106 Å². The summed E-state index contributed by atoms with van der Waals surface area (Å²) in [6.07, 6.45) is -8.23. The molecule has 0 unspecified atom stereocenters. The van der Waals surface area contributed by atoms with Crippen LogP contribution in [0, 0.1) is 0 Å². The Bertz CT molecular complexity index is 671. The lowest BCUT2D eigenvalue weighted by atomic mass is 9.99. The number of benzene rings is 1. The molecule has 3 rings (SSSR count). The maximum absolute atomic E-state index is 10.2. The number of hydrogen-bond donors (Lipinski definition) is 6. The van der Waals surface area contributed by atoms with E-state index in [2.05, 4.69) is 0 Å². The molecule has 2 saturated heterocycles. The van der Waals surface area contributed by atoms with Crippen LogP contribution in [0.15, 0.2) is 36.4 Å². The van der Waals surface area contributed by atoms with Crippen molar-refractivity contribution in [2.45, 2.75) is 55.3 Å². The van der Waals surface area contributed by atoms with Gasteiger partial charge in [0, 0.05) is 0 Å². The van der Waals surface area contributed by atoms with Crippen molar-refractivity contribution in [1.29, 1.82) is 0 Å². The predicted molar refractivity (Wildman–Crippen MR) is 102 cm³/mol. The van der Waals surface area contributed by atoms with E-state index in [0.29, 0.717) is 0 Å². The van der Waals surface area contributed by atoms with Gasteiger partial charge in [-0.3, -0.25) is 0 Å². The van der Waals surface area contributed by atoms with Gasteiger partial charge in [-0.15, -0.1) is 0 Å². The summed E-state index contributed by atoms with van der Waals surface area (Å²) in [7, 11) is 0. The van der Waals surface area contributed by atoms with Crippen LogP contribution in [-0.2, 0) is 18.9 Å². The van der Waals surface area contributed by atoms with Crippen molar-refractivity contribution in [2.75, 3.05) is 19.8 Å². The van der Waals surface area contributed by atoms with Crippen molar-refractivity contribution in [3.63, 3.8) is 0 Å². The van der Waals surface area contributed by atoms with Crippen LogP contribution in [0.5, 0.6) is 0 Å².